The second-order valence-corrected chi connectivity index (χ2v) is 6.18. The molecular formula is C13H13FN2O5S. The number of nitrogens with zero attached hydrogens (tertiary/aromatic N) is 1. The van der Waals surface area contributed by atoms with Crippen LogP contribution >= 0.6 is 11.3 Å². The Kier molecular flexibility index (Phi) is 4.18. The Morgan fingerprint density at radius 1 is 1.27 bits per heavy atom. The van der Waals surface area contributed by atoms with Crippen LogP contribution in [0, 0.1) is 5.82 Å². The van der Waals surface area contributed by atoms with Crippen molar-refractivity contribution in [1.29, 1.82) is 0 Å². The summed E-state index contributed by atoms with van der Waals surface area (Å²) in [7, 11) is 0. The van der Waals surface area contributed by atoms with Gasteiger partial charge in [-0.15, -0.1) is 0 Å². The van der Waals surface area contributed by atoms with Gasteiger partial charge in [-0.25, -0.2) is 14.0 Å². The first kappa shape index (κ1) is 16.0. The average Bonchev–Trinajstić information content (AvgIpc) is 2.72. The van der Waals surface area contributed by atoms with Gasteiger partial charge in [0.15, 0.2) is 11.6 Å². The number of rotatable bonds is 2. The van der Waals surface area contributed by atoms with E-state index in [4.69, 9.17) is 15.2 Å². The van der Waals surface area contributed by atoms with E-state index in [1.165, 1.54) is 6.07 Å². The van der Waals surface area contributed by atoms with Gasteiger partial charge in [0.2, 0.25) is 0 Å². The molecule has 1 heterocycles. The number of primary amides is 1. The normalized spacial score (nSPS) is 11.3. The quantitative estimate of drug-likeness (QED) is 0.671. The van der Waals surface area contributed by atoms with Gasteiger partial charge < -0.3 is 19.9 Å². The molecule has 0 aliphatic heterocycles. The van der Waals surface area contributed by atoms with Crippen LogP contribution < -0.4 is 15.2 Å². The summed E-state index contributed by atoms with van der Waals surface area (Å²) < 4.78 is 28.8. The summed E-state index contributed by atoms with van der Waals surface area (Å²) in [5.74, 6) is -1.20. The number of aromatic nitrogens is 1. The van der Waals surface area contributed by atoms with E-state index in [9.17, 15) is 14.0 Å². The van der Waals surface area contributed by atoms with Gasteiger partial charge in [0.25, 0.3) is 5.19 Å². The van der Waals surface area contributed by atoms with Crippen LogP contribution in [0.2, 0.25) is 0 Å². The van der Waals surface area contributed by atoms with Crippen molar-refractivity contribution in [2.24, 2.45) is 5.73 Å². The number of carbonyl (C=O) groups is 2. The van der Waals surface area contributed by atoms with Crippen LogP contribution in [0.15, 0.2) is 12.1 Å². The fourth-order valence-electron chi connectivity index (χ4n) is 1.51. The minimum absolute atomic E-state index is 0.0344. The highest BCUT2D eigenvalue weighted by Crippen LogP contribution is 2.35. The van der Waals surface area contributed by atoms with Gasteiger partial charge in [0, 0.05) is 0 Å². The lowest BCUT2D eigenvalue weighted by Gasteiger charge is -2.18. The number of benzene rings is 1. The maximum atomic E-state index is 13.9. The van der Waals surface area contributed by atoms with Gasteiger partial charge in [-0.1, -0.05) is 11.3 Å². The molecule has 0 bridgehead atoms. The van der Waals surface area contributed by atoms with Crippen molar-refractivity contribution in [3.63, 3.8) is 0 Å². The summed E-state index contributed by atoms with van der Waals surface area (Å²) in [6.45, 7) is 4.94. The molecule has 9 heteroatoms. The minimum atomic E-state index is -1.07. The number of hydrogen-bond donors (Lipinski definition) is 1. The molecule has 118 valence electrons. The van der Waals surface area contributed by atoms with Crippen LogP contribution in [0.3, 0.4) is 0 Å². The van der Waals surface area contributed by atoms with Crippen molar-refractivity contribution >= 4 is 33.8 Å². The van der Waals surface area contributed by atoms with Crippen molar-refractivity contribution in [2.75, 3.05) is 0 Å². The molecule has 0 aliphatic carbocycles. The third kappa shape index (κ3) is 3.82. The SMILES string of the molecule is CC(C)(C)OC(=O)Oc1c(F)ccc2sc(OC(N)=O)nc12. The predicted molar refractivity (Wildman–Crippen MR) is 76.7 cm³/mol. The van der Waals surface area contributed by atoms with Gasteiger partial charge in [0.1, 0.15) is 11.1 Å². The number of hydrogen-bond acceptors (Lipinski definition) is 7. The molecule has 1 aromatic carbocycles. The Bertz CT molecular complexity index is 738. The Morgan fingerprint density at radius 3 is 2.55 bits per heavy atom. The number of amides is 1. The zero-order valence-electron chi connectivity index (χ0n) is 12.0. The summed E-state index contributed by atoms with van der Waals surface area (Å²) in [6, 6.07) is 2.52. The maximum Gasteiger partial charge on any atom is 0.514 e. The highest BCUT2D eigenvalue weighted by atomic mass is 32.1. The molecule has 22 heavy (non-hydrogen) atoms. The van der Waals surface area contributed by atoms with E-state index in [1.54, 1.807) is 20.8 Å². The average molecular weight is 328 g/mol. The molecule has 0 saturated carbocycles. The van der Waals surface area contributed by atoms with Gasteiger partial charge in [0.05, 0.1) is 4.70 Å². The standard InChI is InChI=1S/C13H13FN2O5S/c1-13(2,3)21-12(18)19-9-6(14)4-5-7-8(9)16-11(22-7)20-10(15)17/h4-5H,1-3H3,(H2,15,17). The summed E-state index contributed by atoms with van der Waals surface area (Å²) in [4.78, 5) is 26.3. The van der Waals surface area contributed by atoms with Crippen molar-refractivity contribution in [3.05, 3.63) is 17.9 Å². The maximum absolute atomic E-state index is 13.9. The number of fused-ring (bicyclic) bond motifs is 1. The van der Waals surface area contributed by atoms with Crippen LogP contribution in [0.4, 0.5) is 14.0 Å². The van der Waals surface area contributed by atoms with Gasteiger partial charge in [-0.05, 0) is 32.9 Å². The van der Waals surface area contributed by atoms with E-state index in [-0.39, 0.29) is 10.7 Å². The van der Waals surface area contributed by atoms with E-state index in [0.717, 1.165) is 17.4 Å². The molecule has 2 rings (SSSR count). The van der Waals surface area contributed by atoms with E-state index >= 15 is 0 Å². The lowest BCUT2D eigenvalue weighted by molar-refractivity contribution is 0.0201. The summed E-state index contributed by atoms with van der Waals surface area (Å²) >= 11 is 0.956. The van der Waals surface area contributed by atoms with Crippen molar-refractivity contribution in [2.45, 2.75) is 26.4 Å². The Balaban J connectivity index is 2.35. The van der Waals surface area contributed by atoms with Crippen LogP contribution in [-0.4, -0.2) is 22.8 Å². The highest BCUT2D eigenvalue weighted by Gasteiger charge is 2.22. The molecule has 0 fully saturated rings. The van der Waals surface area contributed by atoms with Crippen LogP contribution in [-0.2, 0) is 4.74 Å². The van der Waals surface area contributed by atoms with Crippen molar-refractivity contribution in [3.8, 4) is 10.9 Å². The monoisotopic (exact) mass is 328 g/mol. The molecule has 0 aliphatic rings. The zero-order valence-corrected chi connectivity index (χ0v) is 12.8. The minimum Gasteiger partial charge on any atom is -0.428 e. The lowest BCUT2D eigenvalue weighted by Crippen LogP contribution is -2.26. The fraction of sp³-hybridized carbons (Fsp3) is 0.308. The van der Waals surface area contributed by atoms with E-state index < -0.39 is 29.4 Å². The predicted octanol–water partition coefficient (Wildman–Crippen LogP) is 3.21. The first-order valence-electron chi connectivity index (χ1n) is 6.13. The Hall–Kier alpha value is -2.42. The molecular weight excluding hydrogens is 315 g/mol. The number of thiazole rings is 1. The molecule has 0 unspecified atom stereocenters. The molecule has 2 N–H and O–H groups in total. The molecule has 1 amide bonds. The zero-order chi connectivity index (χ0) is 16.5. The van der Waals surface area contributed by atoms with E-state index in [2.05, 4.69) is 9.72 Å². The Labute approximate surface area is 128 Å². The molecule has 2 aromatic rings. The summed E-state index contributed by atoms with van der Waals surface area (Å²) in [5, 5.41) is -0.0814. The molecule has 0 saturated heterocycles. The molecule has 7 nitrogen and oxygen atoms in total. The van der Waals surface area contributed by atoms with Crippen LogP contribution in [0.1, 0.15) is 20.8 Å². The van der Waals surface area contributed by atoms with Crippen molar-refractivity contribution in [1.82, 2.24) is 4.98 Å². The van der Waals surface area contributed by atoms with Gasteiger partial charge in [-0.2, -0.15) is 4.98 Å². The fourth-order valence-corrected chi connectivity index (χ4v) is 2.33. The molecule has 0 atom stereocenters. The molecule has 0 radical (unpaired) electrons. The summed E-state index contributed by atoms with van der Waals surface area (Å²) in [6.07, 6.45) is -2.11. The van der Waals surface area contributed by atoms with Gasteiger partial charge >= 0.3 is 12.2 Å². The van der Waals surface area contributed by atoms with Gasteiger partial charge in [-0.3, -0.25) is 0 Å². The second kappa shape index (κ2) is 5.76. The number of nitrogens with two attached hydrogens (primary N) is 1. The summed E-state index contributed by atoms with van der Waals surface area (Å²) in [5.41, 5.74) is 4.14. The second-order valence-electron chi connectivity index (χ2n) is 5.19. The molecule has 0 spiro atoms. The molecule has 1 aromatic heterocycles. The Morgan fingerprint density at radius 2 is 1.95 bits per heavy atom. The third-order valence-electron chi connectivity index (χ3n) is 2.21. The largest absolute Gasteiger partial charge is 0.514 e. The number of ether oxygens (including phenoxy) is 3. The number of halogens is 1. The van der Waals surface area contributed by atoms with Crippen LogP contribution in [0.5, 0.6) is 10.9 Å². The van der Waals surface area contributed by atoms with E-state index in [0.29, 0.717) is 4.70 Å². The number of carbonyl (C=O) groups excluding carboxylic acids is 2. The van der Waals surface area contributed by atoms with E-state index in [1.807, 2.05) is 0 Å². The topological polar surface area (TPSA) is 101 Å². The smallest absolute Gasteiger partial charge is 0.428 e. The highest BCUT2D eigenvalue weighted by molar-refractivity contribution is 7.20. The first-order valence-corrected chi connectivity index (χ1v) is 6.94. The first-order chi connectivity index (χ1) is 10.2. The third-order valence-corrected chi connectivity index (χ3v) is 3.11. The van der Waals surface area contributed by atoms with Crippen LogP contribution in [0.25, 0.3) is 10.2 Å². The van der Waals surface area contributed by atoms with Crippen molar-refractivity contribution < 1.29 is 28.2 Å². The lowest BCUT2D eigenvalue weighted by atomic mass is 10.2.